The van der Waals surface area contributed by atoms with Crippen LogP contribution in [-0.4, -0.2) is 29.6 Å². The van der Waals surface area contributed by atoms with Crippen molar-refractivity contribution in [1.82, 2.24) is 5.32 Å². The Morgan fingerprint density at radius 2 is 2.27 bits per heavy atom. The lowest BCUT2D eigenvalue weighted by Gasteiger charge is -2.06. The summed E-state index contributed by atoms with van der Waals surface area (Å²) in [6.45, 7) is 2.51. The van der Waals surface area contributed by atoms with Gasteiger partial charge in [-0.25, -0.2) is 0 Å². The second-order valence-corrected chi connectivity index (χ2v) is 4.25. The van der Waals surface area contributed by atoms with Crippen molar-refractivity contribution >= 4 is 17.7 Å². The topological polar surface area (TPSA) is 49.3 Å². The van der Waals surface area contributed by atoms with Crippen LogP contribution in [0.25, 0.3) is 0 Å². The number of phenolic OH excluding ortho intramolecular Hbond substituents is 1. The summed E-state index contributed by atoms with van der Waals surface area (Å²) < 4.78 is 0. The molecule has 4 heteroatoms. The van der Waals surface area contributed by atoms with Crippen LogP contribution >= 0.6 is 11.8 Å². The monoisotopic (exact) mass is 225 g/mol. The third-order valence-corrected chi connectivity index (χ3v) is 2.60. The first-order valence-electron chi connectivity index (χ1n) is 4.72. The van der Waals surface area contributed by atoms with Gasteiger partial charge in [0.2, 0.25) is 0 Å². The van der Waals surface area contributed by atoms with Crippen molar-refractivity contribution in [1.29, 1.82) is 0 Å². The van der Waals surface area contributed by atoms with Gasteiger partial charge in [0, 0.05) is 12.3 Å². The Kier molecular flexibility index (Phi) is 4.49. The normalized spacial score (nSPS) is 10.0. The number of benzene rings is 1. The second-order valence-electron chi connectivity index (χ2n) is 3.27. The maximum absolute atomic E-state index is 11.6. The highest BCUT2D eigenvalue weighted by molar-refractivity contribution is 7.98. The molecule has 1 rings (SSSR count). The Morgan fingerprint density at radius 3 is 2.93 bits per heavy atom. The van der Waals surface area contributed by atoms with Crippen LogP contribution in [0.5, 0.6) is 5.75 Å². The molecule has 0 unspecified atom stereocenters. The molecule has 0 bridgehead atoms. The molecule has 0 spiro atoms. The van der Waals surface area contributed by atoms with E-state index in [4.69, 9.17) is 0 Å². The number of hydrogen-bond donors (Lipinski definition) is 2. The van der Waals surface area contributed by atoms with E-state index in [-0.39, 0.29) is 11.7 Å². The van der Waals surface area contributed by atoms with Crippen molar-refractivity contribution in [2.24, 2.45) is 0 Å². The van der Waals surface area contributed by atoms with Gasteiger partial charge in [0.1, 0.15) is 5.75 Å². The fraction of sp³-hybridized carbons (Fsp3) is 0.364. The molecule has 0 heterocycles. The molecule has 1 aromatic carbocycles. The molecule has 1 aromatic rings. The molecular weight excluding hydrogens is 210 g/mol. The van der Waals surface area contributed by atoms with Gasteiger partial charge in [0.05, 0.1) is 5.56 Å². The van der Waals surface area contributed by atoms with Crippen LogP contribution in [0.15, 0.2) is 18.2 Å². The van der Waals surface area contributed by atoms with E-state index in [1.54, 1.807) is 30.0 Å². The molecule has 0 fully saturated rings. The van der Waals surface area contributed by atoms with Gasteiger partial charge in [-0.2, -0.15) is 11.8 Å². The molecule has 0 aliphatic heterocycles. The Bertz CT molecular complexity index is 352. The van der Waals surface area contributed by atoms with Gasteiger partial charge < -0.3 is 10.4 Å². The number of carbonyl (C=O) groups excluding carboxylic acids is 1. The maximum atomic E-state index is 11.6. The summed E-state index contributed by atoms with van der Waals surface area (Å²) in [6, 6.07) is 5.00. The number of aryl methyl sites for hydroxylation is 1. The molecule has 0 aromatic heterocycles. The van der Waals surface area contributed by atoms with Gasteiger partial charge in [-0.05, 0) is 25.3 Å². The molecule has 1 amide bonds. The zero-order chi connectivity index (χ0) is 11.3. The predicted octanol–water partition coefficient (Wildman–Crippen LogP) is 1.79. The zero-order valence-corrected chi connectivity index (χ0v) is 9.73. The second kappa shape index (κ2) is 5.66. The molecular formula is C11H15NO2S. The Balaban J connectivity index is 2.68. The number of thioether (sulfide) groups is 1. The Morgan fingerprint density at radius 1 is 1.53 bits per heavy atom. The largest absolute Gasteiger partial charge is 0.507 e. The van der Waals surface area contributed by atoms with E-state index in [1.807, 2.05) is 13.2 Å². The standard InChI is InChI=1S/C11H15NO2S/c1-8-3-4-10(13)9(7-8)11(14)12-5-6-15-2/h3-4,7,13H,5-6H2,1-2H3,(H,12,14). The molecule has 82 valence electrons. The lowest BCUT2D eigenvalue weighted by molar-refractivity contribution is 0.0953. The van der Waals surface area contributed by atoms with Crippen molar-refractivity contribution in [3.8, 4) is 5.75 Å². The molecule has 0 aliphatic rings. The van der Waals surface area contributed by atoms with E-state index in [0.29, 0.717) is 12.1 Å². The number of rotatable bonds is 4. The number of phenols is 1. The van der Waals surface area contributed by atoms with E-state index >= 15 is 0 Å². The number of nitrogens with one attached hydrogen (secondary N) is 1. The molecule has 0 radical (unpaired) electrons. The van der Waals surface area contributed by atoms with Crippen LogP contribution in [0.2, 0.25) is 0 Å². The highest BCUT2D eigenvalue weighted by Crippen LogP contribution is 2.17. The fourth-order valence-corrected chi connectivity index (χ4v) is 1.50. The summed E-state index contributed by atoms with van der Waals surface area (Å²) in [5, 5.41) is 12.2. The molecule has 0 saturated heterocycles. The van der Waals surface area contributed by atoms with Crippen molar-refractivity contribution in [2.75, 3.05) is 18.6 Å². The number of hydrogen-bond acceptors (Lipinski definition) is 3. The Labute approximate surface area is 93.9 Å². The van der Waals surface area contributed by atoms with E-state index in [1.165, 1.54) is 0 Å². The van der Waals surface area contributed by atoms with E-state index in [9.17, 15) is 9.90 Å². The van der Waals surface area contributed by atoms with Crippen molar-refractivity contribution in [3.63, 3.8) is 0 Å². The summed E-state index contributed by atoms with van der Waals surface area (Å²) in [6.07, 6.45) is 1.98. The minimum absolute atomic E-state index is 0.0299. The number of carbonyl (C=O) groups is 1. The molecule has 3 nitrogen and oxygen atoms in total. The first-order chi connectivity index (χ1) is 7.15. The van der Waals surface area contributed by atoms with Crippen LogP contribution in [0.1, 0.15) is 15.9 Å². The van der Waals surface area contributed by atoms with Crippen LogP contribution in [0.4, 0.5) is 0 Å². The smallest absolute Gasteiger partial charge is 0.255 e. The summed E-state index contributed by atoms with van der Waals surface area (Å²) >= 11 is 1.67. The van der Waals surface area contributed by atoms with Crippen molar-refractivity contribution in [3.05, 3.63) is 29.3 Å². The molecule has 2 N–H and O–H groups in total. The first-order valence-corrected chi connectivity index (χ1v) is 6.11. The van der Waals surface area contributed by atoms with Gasteiger partial charge in [-0.1, -0.05) is 11.6 Å². The average Bonchev–Trinajstić information content (AvgIpc) is 2.22. The summed E-state index contributed by atoms with van der Waals surface area (Å²) in [5.41, 5.74) is 1.30. The van der Waals surface area contributed by atoms with Crippen molar-refractivity contribution < 1.29 is 9.90 Å². The van der Waals surface area contributed by atoms with Gasteiger partial charge in [-0.15, -0.1) is 0 Å². The van der Waals surface area contributed by atoms with Crippen molar-refractivity contribution in [2.45, 2.75) is 6.92 Å². The number of amides is 1. The van der Waals surface area contributed by atoms with Crippen LogP contribution < -0.4 is 5.32 Å². The quantitative estimate of drug-likeness (QED) is 0.768. The van der Waals surface area contributed by atoms with E-state index in [0.717, 1.165) is 11.3 Å². The van der Waals surface area contributed by atoms with Gasteiger partial charge >= 0.3 is 0 Å². The summed E-state index contributed by atoms with van der Waals surface area (Å²) in [5.74, 6) is 0.686. The Hall–Kier alpha value is -1.16. The lowest BCUT2D eigenvalue weighted by atomic mass is 10.1. The average molecular weight is 225 g/mol. The lowest BCUT2D eigenvalue weighted by Crippen LogP contribution is -2.25. The third kappa shape index (κ3) is 3.47. The fourth-order valence-electron chi connectivity index (χ4n) is 1.19. The van der Waals surface area contributed by atoms with Gasteiger partial charge in [0.25, 0.3) is 5.91 Å². The summed E-state index contributed by atoms with van der Waals surface area (Å²) in [4.78, 5) is 11.6. The highest BCUT2D eigenvalue weighted by Gasteiger charge is 2.09. The minimum atomic E-state index is -0.217. The van der Waals surface area contributed by atoms with Crippen LogP contribution in [-0.2, 0) is 0 Å². The van der Waals surface area contributed by atoms with Crippen LogP contribution in [0.3, 0.4) is 0 Å². The highest BCUT2D eigenvalue weighted by atomic mass is 32.2. The van der Waals surface area contributed by atoms with E-state index in [2.05, 4.69) is 5.32 Å². The summed E-state index contributed by atoms with van der Waals surface area (Å²) in [7, 11) is 0. The SMILES string of the molecule is CSCCNC(=O)c1cc(C)ccc1O. The third-order valence-electron chi connectivity index (χ3n) is 1.99. The van der Waals surface area contributed by atoms with Crippen LogP contribution in [0, 0.1) is 6.92 Å². The predicted molar refractivity (Wildman–Crippen MR) is 63.6 cm³/mol. The van der Waals surface area contributed by atoms with Gasteiger partial charge in [0.15, 0.2) is 0 Å². The maximum Gasteiger partial charge on any atom is 0.255 e. The van der Waals surface area contributed by atoms with Gasteiger partial charge in [-0.3, -0.25) is 4.79 Å². The molecule has 0 aliphatic carbocycles. The molecule has 0 saturated carbocycles. The molecule has 15 heavy (non-hydrogen) atoms. The first kappa shape index (κ1) is 11.9. The van der Waals surface area contributed by atoms with E-state index < -0.39 is 0 Å². The minimum Gasteiger partial charge on any atom is -0.507 e. The number of aromatic hydroxyl groups is 1. The molecule has 0 atom stereocenters. The zero-order valence-electron chi connectivity index (χ0n) is 8.91.